The van der Waals surface area contributed by atoms with Crippen LogP contribution in [0, 0.1) is 10.8 Å². The van der Waals surface area contributed by atoms with Crippen molar-refractivity contribution in [3.05, 3.63) is 139 Å². The van der Waals surface area contributed by atoms with Crippen LogP contribution in [0.5, 0.6) is 0 Å². The SMILES string of the molecule is C/C=C/C(O)C(C)(C)C1C\C=C/C=C\C=C\C(OC)Cc2nc(co2)C(=O)OC(C(C)(C)C(O)/C=C/C)C\C=C/C=C\C=C\C=C/c2nc(co2)C(=O)O1. The molecule has 1 aliphatic heterocycles. The fourth-order valence-corrected chi connectivity index (χ4v) is 5.26. The second-order valence-electron chi connectivity index (χ2n) is 13.8. The quantitative estimate of drug-likeness (QED) is 0.209. The van der Waals surface area contributed by atoms with Crippen molar-refractivity contribution in [1.29, 1.82) is 0 Å². The number of aliphatic hydroxyl groups is 2. The molecule has 0 saturated carbocycles. The molecule has 0 saturated heterocycles. The summed E-state index contributed by atoms with van der Waals surface area (Å²) in [5.74, 6) is -0.812. The number of rotatable bonds is 7. The Morgan fingerprint density at radius 1 is 0.722 bits per heavy atom. The average molecular weight is 743 g/mol. The van der Waals surface area contributed by atoms with E-state index in [1.807, 2.05) is 102 Å². The first kappa shape index (κ1) is 43.3. The Labute approximate surface area is 318 Å². The third kappa shape index (κ3) is 13.1. The second kappa shape index (κ2) is 21.6. The van der Waals surface area contributed by atoms with Gasteiger partial charge in [0.15, 0.2) is 17.3 Å². The average Bonchev–Trinajstić information content (AvgIpc) is 3.82. The lowest BCUT2D eigenvalue weighted by Crippen LogP contribution is -2.42. The zero-order valence-corrected chi connectivity index (χ0v) is 32.2. The van der Waals surface area contributed by atoms with E-state index in [1.165, 1.54) is 12.5 Å². The maximum atomic E-state index is 13.3. The van der Waals surface area contributed by atoms with Crippen LogP contribution >= 0.6 is 0 Å². The van der Waals surface area contributed by atoms with Crippen LogP contribution in [0.4, 0.5) is 0 Å². The van der Waals surface area contributed by atoms with Gasteiger partial charge in [-0.05, 0) is 13.8 Å². The first-order valence-electron chi connectivity index (χ1n) is 18.0. The minimum absolute atomic E-state index is 0.0118. The van der Waals surface area contributed by atoms with Gasteiger partial charge in [0.05, 0.1) is 24.7 Å². The highest BCUT2D eigenvalue weighted by Crippen LogP contribution is 2.33. The van der Waals surface area contributed by atoms with Crippen LogP contribution in [0.25, 0.3) is 6.08 Å². The summed E-state index contributed by atoms with van der Waals surface area (Å²) in [6.07, 6.45) is 31.9. The number of esters is 2. The summed E-state index contributed by atoms with van der Waals surface area (Å²) in [5.41, 5.74) is -1.63. The number of carbonyl (C=O) groups excluding carboxylic acids is 2. The van der Waals surface area contributed by atoms with Gasteiger partial charge < -0.3 is 33.3 Å². The number of methoxy groups -OCH3 is 1. The Hall–Kier alpha value is -5.10. The van der Waals surface area contributed by atoms with Crippen molar-refractivity contribution in [2.45, 2.75) is 91.3 Å². The molecule has 0 amide bonds. The van der Waals surface area contributed by atoms with E-state index in [0.29, 0.717) is 18.7 Å². The van der Waals surface area contributed by atoms with Crippen LogP contribution in [-0.4, -0.2) is 69.7 Å². The number of cyclic esters (lactones) is 2. The van der Waals surface area contributed by atoms with Crippen LogP contribution in [0.15, 0.2) is 125 Å². The summed E-state index contributed by atoms with van der Waals surface area (Å²) in [5, 5.41) is 21.7. The largest absolute Gasteiger partial charge is 0.457 e. The van der Waals surface area contributed by atoms with Gasteiger partial charge in [-0.2, -0.15) is 0 Å². The molecule has 0 aliphatic carbocycles. The molecule has 5 unspecified atom stereocenters. The molecule has 1 aliphatic rings. The molecule has 0 radical (unpaired) electrons. The molecule has 290 valence electrons. The summed E-state index contributed by atoms with van der Waals surface area (Å²) in [4.78, 5) is 35.0. The van der Waals surface area contributed by atoms with Gasteiger partial charge in [-0.25, -0.2) is 19.6 Å². The van der Waals surface area contributed by atoms with Crippen molar-refractivity contribution in [2.24, 2.45) is 10.8 Å². The van der Waals surface area contributed by atoms with E-state index in [-0.39, 0.29) is 23.7 Å². The number of hydrogen-bond donors (Lipinski definition) is 2. The van der Waals surface area contributed by atoms with Gasteiger partial charge in [0, 0.05) is 36.9 Å². The van der Waals surface area contributed by atoms with E-state index >= 15 is 0 Å². The highest BCUT2D eigenvalue weighted by molar-refractivity contribution is 5.87. The summed E-state index contributed by atoms with van der Waals surface area (Å²) in [7, 11) is 1.56. The highest BCUT2D eigenvalue weighted by Gasteiger charge is 2.39. The fraction of sp³-hybridized carbons (Fsp3) is 0.395. The van der Waals surface area contributed by atoms with Crippen LogP contribution < -0.4 is 0 Å². The van der Waals surface area contributed by atoms with Gasteiger partial charge in [-0.15, -0.1) is 0 Å². The van der Waals surface area contributed by atoms with Crippen LogP contribution in [0.1, 0.15) is 87.1 Å². The molecule has 2 aromatic rings. The minimum atomic E-state index is -0.871. The van der Waals surface area contributed by atoms with Crippen molar-refractivity contribution < 1.29 is 42.8 Å². The second-order valence-corrected chi connectivity index (χ2v) is 13.8. The molecule has 0 spiro atoms. The zero-order valence-electron chi connectivity index (χ0n) is 32.2. The third-order valence-corrected chi connectivity index (χ3v) is 9.03. The Kier molecular flexibility index (Phi) is 17.3. The molecule has 0 aromatic carbocycles. The number of aliphatic hydroxyl groups excluding tert-OH is 2. The molecule has 4 bridgehead atoms. The van der Waals surface area contributed by atoms with Crippen molar-refractivity contribution in [1.82, 2.24) is 9.97 Å². The number of aromatic nitrogens is 2. The van der Waals surface area contributed by atoms with E-state index in [1.54, 1.807) is 55.7 Å². The number of allylic oxidation sites excluding steroid dienone is 12. The van der Waals surface area contributed by atoms with Gasteiger partial charge in [0.2, 0.25) is 5.89 Å². The third-order valence-electron chi connectivity index (χ3n) is 9.03. The Balaban J connectivity index is 1.91. The molecule has 5 atom stereocenters. The van der Waals surface area contributed by atoms with Crippen molar-refractivity contribution in [3.8, 4) is 0 Å². The van der Waals surface area contributed by atoms with E-state index in [4.69, 9.17) is 23.0 Å². The Morgan fingerprint density at radius 2 is 1.20 bits per heavy atom. The number of ether oxygens (including phenoxy) is 3. The van der Waals surface area contributed by atoms with Gasteiger partial charge in [-0.3, -0.25) is 0 Å². The highest BCUT2D eigenvalue weighted by atomic mass is 16.6. The van der Waals surface area contributed by atoms with Crippen molar-refractivity contribution in [2.75, 3.05) is 7.11 Å². The standard InChI is InChI=1S/C43H54N2O9/c1-8-22-34(46)42(3,4)36-26-20-16-13-14-18-24-31(50-7)28-39-45-33(30-52-39)41(49)54-37(43(5,6)35(47)23-9-2)25-19-15-11-10-12-17-21-27-38-44-32(29-51-38)40(48)53-36/h8-24,27,29-31,34-37,46-47H,25-26,28H2,1-7H3/b11-10-,14-13-,17-12+,19-15-,20-16-,22-8+,23-9+,24-18+,27-21-. The van der Waals surface area contributed by atoms with Crippen LogP contribution in [0.3, 0.4) is 0 Å². The van der Waals surface area contributed by atoms with Gasteiger partial charge in [0.1, 0.15) is 24.7 Å². The zero-order chi connectivity index (χ0) is 39.6. The number of nitrogens with zero attached hydrogens (tertiary/aromatic N) is 2. The van der Waals surface area contributed by atoms with E-state index < -0.39 is 53.3 Å². The molecule has 11 heteroatoms. The van der Waals surface area contributed by atoms with Crippen LogP contribution in [0.2, 0.25) is 0 Å². The predicted molar refractivity (Wildman–Crippen MR) is 208 cm³/mol. The molecule has 0 fully saturated rings. The van der Waals surface area contributed by atoms with Gasteiger partial charge in [0.25, 0.3) is 0 Å². The van der Waals surface area contributed by atoms with Crippen LogP contribution in [-0.2, 0) is 20.6 Å². The fourth-order valence-electron chi connectivity index (χ4n) is 5.26. The number of fused-ring (bicyclic) bond motifs is 4. The molecular formula is C43H54N2O9. The van der Waals surface area contributed by atoms with Crippen molar-refractivity contribution in [3.63, 3.8) is 0 Å². The van der Waals surface area contributed by atoms with E-state index in [0.717, 1.165) is 0 Å². The molecule has 11 nitrogen and oxygen atoms in total. The summed E-state index contributed by atoms with van der Waals surface area (Å²) < 4.78 is 28.5. The molecule has 3 heterocycles. The summed E-state index contributed by atoms with van der Waals surface area (Å²) in [6, 6.07) is 0. The molecular weight excluding hydrogens is 688 g/mol. The minimum Gasteiger partial charge on any atom is -0.457 e. The number of carbonyl (C=O) groups is 2. The lowest BCUT2D eigenvalue weighted by atomic mass is 9.79. The first-order chi connectivity index (χ1) is 25.8. The molecule has 2 aromatic heterocycles. The lowest BCUT2D eigenvalue weighted by molar-refractivity contribution is -0.0461. The molecule has 2 N–H and O–H groups in total. The Morgan fingerprint density at radius 3 is 1.74 bits per heavy atom. The normalized spacial score (nSPS) is 25.5. The van der Waals surface area contributed by atoms with Gasteiger partial charge in [-0.1, -0.05) is 131 Å². The van der Waals surface area contributed by atoms with E-state index in [9.17, 15) is 19.8 Å². The van der Waals surface area contributed by atoms with E-state index in [2.05, 4.69) is 9.97 Å². The van der Waals surface area contributed by atoms with Gasteiger partial charge >= 0.3 is 11.9 Å². The Bertz CT molecular complexity index is 1760. The summed E-state index contributed by atoms with van der Waals surface area (Å²) in [6.45, 7) is 11.0. The molecule has 54 heavy (non-hydrogen) atoms. The smallest absolute Gasteiger partial charge is 0.360 e. The first-order valence-corrected chi connectivity index (χ1v) is 18.0. The lowest BCUT2D eigenvalue weighted by Gasteiger charge is -2.36. The summed E-state index contributed by atoms with van der Waals surface area (Å²) >= 11 is 0. The van der Waals surface area contributed by atoms with Crippen molar-refractivity contribution >= 4 is 18.0 Å². The maximum Gasteiger partial charge on any atom is 0.360 e. The maximum absolute atomic E-state index is 13.3. The topological polar surface area (TPSA) is 154 Å². The number of hydrogen-bond acceptors (Lipinski definition) is 11. The molecule has 3 rings (SSSR count). The predicted octanol–water partition coefficient (Wildman–Crippen LogP) is 8.04. The number of oxazole rings is 2. The monoisotopic (exact) mass is 742 g/mol.